The molecule has 0 bridgehead atoms. The van der Waals surface area contributed by atoms with Crippen LogP contribution >= 0.6 is 0 Å². The number of rotatable bonds is 2. The third kappa shape index (κ3) is 2.08. The van der Waals surface area contributed by atoms with Crippen LogP contribution in [0.2, 0.25) is 0 Å². The maximum absolute atomic E-state index is 11.8. The molecule has 1 amide bonds. The highest BCUT2D eigenvalue weighted by atomic mass is 32.2. The van der Waals surface area contributed by atoms with Crippen LogP contribution in [0.25, 0.3) is 0 Å². The number of aromatic nitrogens is 1. The van der Waals surface area contributed by atoms with Gasteiger partial charge < -0.3 is 9.42 Å². The first kappa shape index (κ1) is 11.1. The van der Waals surface area contributed by atoms with Crippen LogP contribution in [-0.4, -0.2) is 49.0 Å². The second-order valence-corrected chi connectivity index (χ2v) is 6.19. The van der Waals surface area contributed by atoms with Gasteiger partial charge in [-0.2, -0.15) is 0 Å². The van der Waals surface area contributed by atoms with Gasteiger partial charge in [0, 0.05) is 25.4 Å². The summed E-state index contributed by atoms with van der Waals surface area (Å²) in [6.45, 7) is 0.676. The summed E-state index contributed by atoms with van der Waals surface area (Å²) in [6.07, 6.45) is 3.07. The Morgan fingerprint density at radius 2 is 2.38 bits per heavy atom. The third-order valence-electron chi connectivity index (χ3n) is 2.69. The van der Waals surface area contributed by atoms with Gasteiger partial charge in [0.05, 0.1) is 11.4 Å². The number of carbonyl (C=O) groups is 1. The highest BCUT2D eigenvalue weighted by Crippen LogP contribution is 2.18. The Morgan fingerprint density at radius 1 is 1.62 bits per heavy atom. The summed E-state index contributed by atoms with van der Waals surface area (Å²) in [4.78, 5) is 13.3. The molecule has 0 saturated carbocycles. The highest BCUT2D eigenvalue weighted by molar-refractivity contribution is 7.91. The molecule has 1 aliphatic heterocycles. The minimum atomic E-state index is -3.08. The highest BCUT2D eigenvalue weighted by Gasteiger charge is 2.33. The van der Waals surface area contributed by atoms with Gasteiger partial charge in [-0.15, -0.1) is 0 Å². The molecule has 1 unspecified atom stereocenters. The molecule has 2 rings (SSSR count). The molecule has 2 heterocycles. The third-order valence-corrected chi connectivity index (χ3v) is 4.28. The molecule has 0 N–H and O–H groups in total. The van der Waals surface area contributed by atoms with Crippen molar-refractivity contribution >= 4 is 15.7 Å². The number of hydrogen-bond donors (Lipinski definition) is 0. The van der Waals surface area contributed by atoms with E-state index in [0.717, 1.165) is 0 Å². The van der Waals surface area contributed by atoms with Crippen molar-refractivity contribution in [3.63, 3.8) is 0 Å². The van der Waals surface area contributed by atoms with Crippen molar-refractivity contribution in [1.29, 1.82) is 0 Å². The Kier molecular flexibility index (Phi) is 2.71. The van der Waals surface area contributed by atoms with E-state index < -0.39 is 15.1 Å². The smallest absolute Gasteiger partial charge is 0.292 e. The summed E-state index contributed by atoms with van der Waals surface area (Å²) in [5, 5.41) is 2.98. The molecule has 1 fully saturated rings. The molecule has 0 aromatic carbocycles. The van der Waals surface area contributed by atoms with Crippen LogP contribution < -0.4 is 0 Å². The predicted molar refractivity (Wildman–Crippen MR) is 55.7 cm³/mol. The van der Waals surface area contributed by atoms with Gasteiger partial charge in [-0.05, 0) is 6.42 Å². The summed E-state index contributed by atoms with van der Waals surface area (Å²) in [7, 11) is -3.08. The van der Waals surface area contributed by atoms with Gasteiger partial charge in [0.15, 0.2) is 9.84 Å². The molecule has 6 nitrogen and oxygen atoms in total. The van der Waals surface area contributed by atoms with Crippen LogP contribution in [0, 0.1) is 0 Å². The Bertz CT molecular complexity index is 480. The Balaban J connectivity index is 2.08. The van der Waals surface area contributed by atoms with Crippen LogP contribution in [0.1, 0.15) is 17.0 Å². The van der Waals surface area contributed by atoms with E-state index in [2.05, 4.69) is 5.16 Å². The Morgan fingerprint density at radius 3 is 2.88 bits per heavy atom. The van der Waals surface area contributed by atoms with Gasteiger partial charge in [-0.3, -0.25) is 4.79 Å². The zero-order chi connectivity index (χ0) is 11.8. The molecular formula is C9H12N2O4S. The number of amides is 1. The lowest BCUT2D eigenvalue weighted by Crippen LogP contribution is -2.31. The van der Waals surface area contributed by atoms with Crippen LogP contribution in [-0.2, 0) is 9.84 Å². The van der Waals surface area contributed by atoms with Gasteiger partial charge in [-0.25, -0.2) is 8.42 Å². The molecule has 0 aliphatic carbocycles. The fourth-order valence-corrected chi connectivity index (χ4v) is 2.73. The van der Waals surface area contributed by atoms with E-state index in [0.29, 0.717) is 13.0 Å². The van der Waals surface area contributed by atoms with Gasteiger partial charge >= 0.3 is 0 Å². The molecule has 7 heteroatoms. The quantitative estimate of drug-likeness (QED) is 0.727. The van der Waals surface area contributed by atoms with E-state index in [1.54, 1.807) is 0 Å². The molecule has 1 aliphatic rings. The van der Waals surface area contributed by atoms with E-state index in [1.165, 1.54) is 23.4 Å². The normalized spacial score (nSPS) is 21.3. The summed E-state index contributed by atoms with van der Waals surface area (Å²) >= 11 is 0. The van der Waals surface area contributed by atoms with E-state index in [4.69, 9.17) is 4.52 Å². The number of likely N-dealkylation sites (tertiary alicyclic amines) is 1. The summed E-state index contributed by atoms with van der Waals surface area (Å²) in [6, 6.07) is 1.47. The largest absolute Gasteiger partial charge is 0.351 e. The number of carbonyl (C=O) groups excluding carboxylic acids is 1. The van der Waals surface area contributed by atoms with E-state index in [9.17, 15) is 13.2 Å². The molecule has 0 radical (unpaired) electrons. The van der Waals surface area contributed by atoms with Gasteiger partial charge in [0.1, 0.15) is 0 Å². The second-order valence-electron chi connectivity index (χ2n) is 3.87. The van der Waals surface area contributed by atoms with E-state index in [1.807, 2.05) is 0 Å². The van der Waals surface area contributed by atoms with Crippen LogP contribution in [0.3, 0.4) is 0 Å². The first-order chi connectivity index (χ1) is 7.48. The molecule has 1 aromatic rings. The minimum Gasteiger partial charge on any atom is -0.351 e. The first-order valence-corrected chi connectivity index (χ1v) is 6.83. The molecule has 16 heavy (non-hydrogen) atoms. The SMILES string of the molecule is CS(=O)(=O)C1CCN(C(=O)c2ccno2)C1. The second kappa shape index (κ2) is 3.89. The van der Waals surface area contributed by atoms with Crippen LogP contribution in [0.4, 0.5) is 0 Å². The van der Waals surface area contributed by atoms with Gasteiger partial charge in [0.25, 0.3) is 5.91 Å². The average molecular weight is 244 g/mol. The predicted octanol–water partition coefficient (Wildman–Crippen LogP) is -0.0663. The monoisotopic (exact) mass is 244 g/mol. The molecule has 88 valence electrons. The minimum absolute atomic E-state index is 0.147. The van der Waals surface area contributed by atoms with Crippen LogP contribution in [0.5, 0.6) is 0 Å². The number of hydrogen-bond acceptors (Lipinski definition) is 5. The lowest BCUT2D eigenvalue weighted by molar-refractivity contribution is 0.0751. The average Bonchev–Trinajstić information content (AvgIpc) is 2.87. The standard InChI is InChI=1S/C9H12N2O4S/c1-16(13,14)7-3-5-11(6-7)9(12)8-2-4-10-15-8/h2,4,7H,3,5-6H2,1H3. The topological polar surface area (TPSA) is 80.5 Å². The first-order valence-electron chi connectivity index (χ1n) is 4.87. The van der Waals surface area contributed by atoms with Gasteiger partial charge in [-0.1, -0.05) is 5.16 Å². The maximum Gasteiger partial charge on any atom is 0.292 e. The van der Waals surface area contributed by atoms with Crippen molar-refractivity contribution in [3.05, 3.63) is 18.0 Å². The Hall–Kier alpha value is -1.37. The van der Waals surface area contributed by atoms with Crippen molar-refractivity contribution in [2.24, 2.45) is 0 Å². The van der Waals surface area contributed by atoms with E-state index in [-0.39, 0.29) is 18.2 Å². The number of sulfone groups is 1. The summed E-state index contributed by atoms with van der Waals surface area (Å²) < 4.78 is 27.4. The molecule has 1 aromatic heterocycles. The fourth-order valence-electron chi connectivity index (χ4n) is 1.74. The van der Waals surface area contributed by atoms with Crippen molar-refractivity contribution < 1.29 is 17.7 Å². The Labute approximate surface area is 93.1 Å². The summed E-state index contributed by atoms with van der Waals surface area (Å²) in [5.74, 6) is -0.155. The molecular weight excluding hydrogens is 232 g/mol. The molecule has 0 spiro atoms. The number of nitrogens with zero attached hydrogens (tertiary/aromatic N) is 2. The van der Waals surface area contributed by atoms with E-state index >= 15 is 0 Å². The van der Waals surface area contributed by atoms with Crippen molar-refractivity contribution in [2.45, 2.75) is 11.7 Å². The zero-order valence-electron chi connectivity index (χ0n) is 8.79. The van der Waals surface area contributed by atoms with Crippen molar-refractivity contribution in [1.82, 2.24) is 10.1 Å². The lowest BCUT2D eigenvalue weighted by atomic mass is 10.4. The zero-order valence-corrected chi connectivity index (χ0v) is 9.61. The molecule has 1 saturated heterocycles. The fraction of sp³-hybridized carbons (Fsp3) is 0.556. The lowest BCUT2D eigenvalue weighted by Gasteiger charge is -2.13. The van der Waals surface area contributed by atoms with Gasteiger partial charge in [0.2, 0.25) is 5.76 Å². The molecule has 1 atom stereocenters. The summed E-state index contributed by atoms with van der Waals surface area (Å²) in [5.41, 5.74) is 0. The maximum atomic E-state index is 11.8. The van der Waals surface area contributed by atoms with Crippen LogP contribution in [0.15, 0.2) is 16.8 Å². The van der Waals surface area contributed by atoms with Crippen molar-refractivity contribution in [3.8, 4) is 0 Å². The van der Waals surface area contributed by atoms with Crippen molar-refractivity contribution in [2.75, 3.05) is 19.3 Å².